The fraction of sp³-hybridized carbons (Fsp3) is 0.655. The summed E-state index contributed by atoms with van der Waals surface area (Å²) >= 11 is 0. The Morgan fingerprint density at radius 1 is 0.683 bits per heavy atom. The second-order valence-corrected chi connectivity index (χ2v) is 9.64. The fourth-order valence-electron chi connectivity index (χ4n) is 3.70. The van der Waals surface area contributed by atoms with Crippen LogP contribution in [0.25, 0.3) is 0 Å². The van der Waals surface area contributed by atoms with Gasteiger partial charge >= 0.3 is 0 Å². The van der Waals surface area contributed by atoms with Gasteiger partial charge in [-0.2, -0.15) is 0 Å². The Hall–Kier alpha value is -2.58. The molecule has 12 nitrogen and oxygen atoms in total. The Labute approximate surface area is 241 Å². The summed E-state index contributed by atoms with van der Waals surface area (Å²) in [6, 6.07) is 8.75. The van der Waals surface area contributed by atoms with Crippen LogP contribution >= 0.6 is 0 Å². The monoisotopic (exact) mass is 582 g/mol. The van der Waals surface area contributed by atoms with E-state index in [9.17, 15) is 19.2 Å². The van der Waals surface area contributed by atoms with Gasteiger partial charge in [-0.15, -0.1) is 0 Å². The van der Waals surface area contributed by atoms with Crippen molar-refractivity contribution in [3.8, 4) is 0 Å². The zero-order valence-corrected chi connectivity index (χ0v) is 23.8. The molecule has 0 saturated heterocycles. The number of rotatable bonds is 27. The summed E-state index contributed by atoms with van der Waals surface area (Å²) < 4.78 is 17.5. The second-order valence-electron chi connectivity index (χ2n) is 9.64. The van der Waals surface area contributed by atoms with E-state index in [0.717, 1.165) is 0 Å². The van der Waals surface area contributed by atoms with E-state index in [-0.39, 0.29) is 128 Å². The molecule has 1 rings (SSSR count). The molecule has 12 heteroatoms. The average molecular weight is 583 g/mol. The lowest BCUT2D eigenvalue weighted by Gasteiger charge is -2.34. The molecule has 0 bridgehead atoms. The van der Waals surface area contributed by atoms with Gasteiger partial charge in [0.2, 0.25) is 5.91 Å². The van der Waals surface area contributed by atoms with Crippen LogP contribution in [0, 0.1) is 0 Å². The zero-order valence-electron chi connectivity index (χ0n) is 23.8. The Morgan fingerprint density at radius 3 is 1.68 bits per heavy atom. The van der Waals surface area contributed by atoms with Crippen LogP contribution in [0.15, 0.2) is 30.3 Å². The number of aliphatic hydroxyl groups is 3. The van der Waals surface area contributed by atoms with Gasteiger partial charge in [-0.25, -0.2) is 0 Å². The maximum atomic E-state index is 12.9. The number of hydrogen-bond acceptors (Lipinski definition) is 11. The molecule has 0 aliphatic carbocycles. The number of hydrogen-bond donors (Lipinski definition) is 5. The third-order valence-electron chi connectivity index (χ3n) is 6.04. The zero-order chi connectivity index (χ0) is 30.2. The van der Waals surface area contributed by atoms with Crippen LogP contribution < -0.4 is 10.6 Å². The van der Waals surface area contributed by atoms with E-state index >= 15 is 0 Å². The number of benzene rings is 1. The topological polar surface area (TPSA) is 181 Å². The van der Waals surface area contributed by atoms with E-state index in [2.05, 4.69) is 10.6 Å². The van der Waals surface area contributed by atoms with Crippen molar-refractivity contribution in [1.82, 2.24) is 10.6 Å². The molecule has 0 heterocycles. The van der Waals surface area contributed by atoms with E-state index in [1.807, 2.05) is 6.07 Å². The first-order valence-corrected chi connectivity index (χ1v) is 14.0. The number of nitrogens with one attached hydrogen (secondary N) is 2. The lowest BCUT2D eigenvalue weighted by atomic mass is 10.0. The molecular formula is C29H46N2O10. The first-order valence-electron chi connectivity index (χ1n) is 14.0. The number of amides is 1. The molecular weight excluding hydrogens is 536 g/mol. The molecule has 232 valence electrons. The van der Waals surface area contributed by atoms with Crippen LogP contribution in [0.1, 0.15) is 55.3 Å². The van der Waals surface area contributed by atoms with Crippen molar-refractivity contribution < 1.29 is 48.7 Å². The Balaban J connectivity index is 2.90. The van der Waals surface area contributed by atoms with Gasteiger partial charge in [0.15, 0.2) is 5.78 Å². The number of ketones is 3. The van der Waals surface area contributed by atoms with Gasteiger partial charge in [0.05, 0.1) is 58.3 Å². The fourth-order valence-corrected chi connectivity index (χ4v) is 3.70. The highest BCUT2D eigenvalue weighted by Crippen LogP contribution is 2.12. The molecule has 0 radical (unpaired) electrons. The van der Waals surface area contributed by atoms with Crippen LogP contribution in [0.5, 0.6) is 0 Å². The first-order chi connectivity index (χ1) is 19.9. The predicted octanol–water partition coefficient (Wildman–Crippen LogP) is 0.210. The second kappa shape index (κ2) is 23.0. The maximum Gasteiger partial charge on any atom is 0.222 e. The van der Waals surface area contributed by atoms with Crippen molar-refractivity contribution in [2.24, 2.45) is 0 Å². The molecule has 0 fully saturated rings. The van der Waals surface area contributed by atoms with Crippen LogP contribution in [0.2, 0.25) is 0 Å². The smallest absolute Gasteiger partial charge is 0.222 e. The highest BCUT2D eigenvalue weighted by atomic mass is 16.5. The van der Waals surface area contributed by atoms with E-state index < -0.39 is 5.54 Å². The third-order valence-corrected chi connectivity index (χ3v) is 6.04. The summed E-state index contributed by atoms with van der Waals surface area (Å²) in [5.74, 6) is -0.539. The summed E-state index contributed by atoms with van der Waals surface area (Å²) in [5, 5.41) is 32.5. The summed E-state index contributed by atoms with van der Waals surface area (Å²) in [4.78, 5) is 48.7. The standard InChI is InChI=1S/C29H46N2O10/c32-14-4-8-25(35)10-17-39-21-29(22-40-18-11-26(36)9-5-15-33,23-41-19-12-28(38)30-13-16-34)31-20-27(37)24-6-2-1-3-7-24/h1-3,6-7,31-34H,4-5,8-23H2,(H,30,38). The van der Waals surface area contributed by atoms with E-state index in [1.165, 1.54) is 0 Å². The van der Waals surface area contributed by atoms with E-state index in [4.69, 9.17) is 29.5 Å². The quantitative estimate of drug-likeness (QED) is 0.0707. The molecule has 0 saturated carbocycles. The van der Waals surface area contributed by atoms with Crippen molar-refractivity contribution in [1.29, 1.82) is 0 Å². The number of carbonyl (C=O) groups is 4. The Kier molecular flexibility index (Phi) is 20.5. The van der Waals surface area contributed by atoms with Crippen molar-refractivity contribution >= 4 is 23.3 Å². The molecule has 0 unspecified atom stereocenters. The van der Waals surface area contributed by atoms with Crippen molar-refractivity contribution in [3.05, 3.63) is 35.9 Å². The lowest BCUT2D eigenvalue weighted by Crippen LogP contribution is -2.58. The van der Waals surface area contributed by atoms with Crippen LogP contribution in [-0.2, 0) is 28.6 Å². The molecule has 1 aromatic carbocycles. The van der Waals surface area contributed by atoms with Gasteiger partial charge in [-0.1, -0.05) is 30.3 Å². The largest absolute Gasteiger partial charge is 0.396 e. The molecule has 0 aromatic heterocycles. The van der Waals surface area contributed by atoms with Crippen LogP contribution in [-0.4, -0.2) is 117 Å². The highest BCUT2D eigenvalue weighted by Gasteiger charge is 2.32. The molecule has 1 aromatic rings. The molecule has 41 heavy (non-hydrogen) atoms. The molecule has 1 amide bonds. The first kappa shape index (κ1) is 36.4. The molecule has 5 N–H and O–H groups in total. The number of aliphatic hydroxyl groups excluding tert-OH is 3. The molecule has 0 atom stereocenters. The Morgan fingerprint density at radius 2 is 1.20 bits per heavy atom. The van der Waals surface area contributed by atoms with Gasteiger partial charge in [0.1, 0.15) is 11.6 Å². The minimum atomic E-state index is -1.05. The SMILES string of the molecule is O=C(CCCO)CCOCC(COCCC(=O)CCCO)(COCCC(=O)NCCO)NCC(=O)c1ccccc1. The number of Topliss-reactive ketones (excluding diaryl/α,β-unsaturated/α-hetero) is 3. The van der Waals surface area contributed by atoms with E-state index in [0.29, 0.717) is 18.4 Å². The maximum absolute atomic E-state index is 12.9. The normalized spacial score (nSPS) is 11.4. The highest BCUT2D eigenvalue weighted by molar-refractivity contribution is 5.97. The Bertz CT molecular complexity index is 812. The van der Waals surface area contributed by atoms with Gasteiger partial charge in [-0.3, -0.25) is 24.5 Å². The van der Waals surface area contributed by atoms with Crippen LogP contribution in [0.4, 0.5) is 0 Å². The molecule has 0 spiro atoms. The summed E-state index contributed by atoms with van der Waals surface area (Å²) in [6.07, 6.45) is 1.65. The third kappa shape index (κ3) is 17.8. The van der Waals surface area contributed by atoms with Crippen molar-refractivity contribution in [2.75, 3.05) is 72.6 Å². The molecule has 0 aliphatic rings. The summed E-state index contributed by atoms with van der Waals surface area (Å²) in [6.45, 7) is 0.0842. The van der Waals surface area contributed by atoms with Gasteiger partial charge in [0.25, 0.3) is 0 Å². The van der Waals surface area contributed by atoms with Gasteiger partial charge in [0, 0.05) is 57.4 Å². The van der Waals surface area contributed by atoms with Crippen LogP contribution in [0.3, 0.4) is 0 Å². The summed E-state index contributed by atoms with van der Waals surface area (Å²) in [5.41, 5.74) is -0.532. The predicted molar refractivity (Wildman–Crippen MR) is 151 cm³/mol. The molecule has 0 aliphatic heterocycles. The minimum Gasteiger partial charge on any atom is -0.396 e. The number of ether oxygens (including phenoxy) is 3. The van der Waals surface area contributed by atoms with Gasteiger partial charge < -0.3 is 34.8 Å². The minimum absolute atomic E-state index is 0.000727. The van der Waals surface area contributed by atoms with Crippen molar-refractivity contribution in [2.45, 2.75) is 50.5 Å². The number of carbonyl (C=O) groups excluding carboxylic acids is 4. The van der Waals surface area contributed by atoms with Crippen molar-refractivity contribution in [3.63, 3.8) is 0 Å². The average Bonchev–Trinajstić information content (AvgIpc) is 2.99. The van der Waals surface area contributed by atoms with E-state index in [1.54, 1.807) is 24.3 Å². The van der Waals surface area contributed by atoms with Gasteiger partial charge in [-0.05, 0) is 12.8 Å². The lowest BCUT2D eigenvalue weighted by molar-refractivity contribution is -0.122. The summed E-state index contributed by atoms with van der Waals surface area (Å²) in [7, 11) is 0.